The molecule has 1 aromatic rings. The number of rotatable bonds is 6. The van der Waals surface area contributed by atoms with E-state index in [2.05, 4.69) is 11.9 Å². The van der Waals surface area contributed by atoms with E-state index in [4.69, 9.17) is 34.8 Å². The highest BCUT2D eigenvalue weighted by Gasteiger charge is 2.36. The second-order valence-electron chi connectivity index (χ2n) is 3.89. The molecule has 19 heavy (non-hydrogen) atoms. The van der Waals surface area contributed by atoms with Gasteiger partial charge in [-0.1, -0.05) is 59.1 Å². The highest BCUT2D eigenvalue weighted by Crippen LogP contribution is 2.32. The van der Waals surface area contributed by atoms with Crippen molar-refractivity contribution in [1.29, 1.82) is 0 Å². The molecule has 0 fully saturated rings. The SMILES string of the molecule is C=CCNC(CS(=O)(=O)c1ccccc1)C(Cl)(Cl)Cl. The Balaban J connectivity index is 2.93. The quantitative estimate of drug-likeness (QED) is 0.638. The van der Waals surface area contributed by atoms with Crippen molar-refractivity contribution in [3.05, 3.63) is 43.0 Å². The number of alkyl halides is 3. The Hall–Kier alpha value is -0.260. The largest absolute Gasteiger partial charge is 0.306 e. The highest BCUT2D eigenvalue weighted by atomic mass is 35.6. The van der Waals surface area contributed by atoms with Crippen molar-refractivity contribution >= 4 is 44.6 Å². The van der Waals surface area contributed by atoms with Crippen molar-refractivity contribution < 1.29 is 8.42 Å². The summed E-state index contributed by atoms with van der Waals surface area (Å²) in [4.78, 5) is 0.203. The van der Waals surface area contributed by atoms with Gasteiger partial charge in [0.15, 0.2) is 9.84 Å². The first-order valence-corrected chi connectivity index (χ1v) is 8.25. The van der Waals surface area contributed by atoms with E-state index in [1.807, 2.05) is 0 Å². The average molecular weight is 343 g/mol. The van der Waals surface area contributed by atoms with E-state index in [1.54, 1.807) is 24.3 Å². The predicted octanol–water partition coefficient (Wildman–Crippen LogP) is 2.97. The van der Waals surface area contributed by atoms with Crippen LogP contribution in [-0.2, 0) is 9.84 Å². The number of benzene rings is 1. The summed E-state index contributed by atoms with van der Waals surface area (Å²) in [6.07, 6.45) is 1.57. The Morgan fingerprint density at radius 1 is 1.26 bits per heavy atom. The highest BCUT2D eigenvalue weighted by molar-refractivity contribution is 7.91. The van der Waals surface area contributed by atoms with Gasteiger partial charge in [0, 0.05) is 6.54 Å². The van der Waals surface area contributed by atoms with E-state index >= 15 is 0 Å². The fourth-order valence-corrected chi connectivity index (χ4v) is 3.75. The second-order valence-corrected chi connectivity index (χ2v) is 8.29. The zero-order valence-electron chi connectivity index (χ0n) is 10.0. The molecule has 1 aromatic carbocycles. The number of nitrogens with one attached hydrogen (secondary N) is 1. The van der Waals surface area contributed by atoms with E-state index in [0.29, 0.717) is 6.54 Å². The summed E-state index contributed by atoms with van der Waals surface area (Å²) in [7, 11) is -3.52. The summed E-state index contributed by atoms with van der Waals surface area (Å²) in [6, 6.07) is 7.24. The molecule has 1 rings (SSSR count). The lowest BCUT2D eigenvalue weighted by atomic mass is 10.3. The average Bonchev–Trinajstić information content (AvgIpc) is 2.34. The van der Waals surface area contributed by atoms with E-state index in [1.165, 1.54) is 12.1 Å². The molecule has 0 aromatic heterocycles. The summed E-state index contributed by atoms with van der Waals surface area (Å²) < 4.78 is 22.7. The van der Waals surface area contributed by atoms with Crippen molar-refractivity contribution in [3.8, 4) is 0 Å². The Bertz CT molecular complexity index is 512. The Morgan fingerprint density at radius 3 is 2.32 bits per heavy atom. The van der Waals surface area contributed by atoms with Crippen LogP contribution in [0.1, 0.15) is 0 Å². The number of hydrogen-bond donors (Lipinski definition) is 1. The summed E-state index contributed by atoms with van der Waals surface area (Å²) in [5.41, 5.74) is 0. The maximum atomic E-state index is 12.2. The first kappa shape index (κ1) is 16.8. The van der Waals surface area contributed by atoms with Crippen LogP contribution < -0.4 is 5.32 Å². The summed E-state index contributed by atoms with van der Waals surface area (Å²) in [5, 5.41) is 2.84. The molecule has 7 heteroatoms. The van der Waals surface area contributed by atoms with Crippen LogP contribution >= 0.6 is 34.8 Å². The molecule has 1 unspecified atom stereocenters. The van der Waals surface area contributed by atoms with Crippen molar-refractivity contribution in [2.24, 2.45) is 0 Å². The number of halogens is 3. The normalized spacial score (nSPS) is 14.1. The van der Waals surface area contributed by atoms with Crippen molar-refractivity contribution in [2.75, 3.05) is 12.3 Å². The molecule has 0 bridgehead atoms. The predicted molar refractivity (Wildman–Crippen MR) is 80.8 cm³/mol. The van der Waals surface area contributed by atoms with Crippen molar-refractivity contribution in [3.63, 3.8) is 0 Å². The molecule has 0 saturated carbocycles. The summed E-state index contributed by atoms with van der Waals surface area (Å²) >= 11 is 17.4. The second kappa shape index (κ2) is 6.95. The van der Waals surface area contributed by atoms with Gasteiger partial charge >= 0.3 is 0 Å². The van der Waals surface area contributed by atoms with Crippen LogP contribution in [0.2, 0.25) is 0 Å². The maximum Gasteiger partial charge on any atom is 0.206 e. The Morgan fingerprint density at radius 2 is 1.84 bits per heavy atom. The van der Waals surface area contributed by atoms with Gasteiger partial charge in [-0.05, 0) is 12.1 Å². The van der Waals surface area contributed by atoms with Gasteiger partial charge in [-0.2, -0.15) is 0 Å². The van der Waals surface area contributed by atoms with Gasteiger partial charge in [-0.3, -0.25) is 0 Å². The van der Waals surface area contributed by atoms with Crippen molar-refractivity contribution in [2.45, 2.75) is 14.7 Å². The molecule has 0 saturated heterocycles. The molecule has 0 heterocycles. The molecule has 0 aliphatic rings. The first-order chi connectivity index (χ1) is 8.77. The zero-order chi connectivity index (χ0) is 14.5. The van der Waals surface area contributed by atoms with Gasteiger partial charge in [0.05, 0.1) is 16.7 Å². The number of hydrogen-bond acceptors (Lipinski definition) is 3. The first-order valence-electron chi connectivity index (χ1n) is 5.46. The Labute approximate surface area is 128 Å². The molecular weight excluding hydrogens is 329 g/mol. The topological polar surface area (TPSA) is 46.2 Å². The van der Waals surface area contributed by atoms with Crippen LogP contribution in [-0.4, -0.2) is 30.5 Å². The fraction of sp³-hybridized carbons (Fsp3) is 0.333. The minimum Gasteiger partial charge on any atom is -0.306 e. The van der Waals surface area contributed by atoms with Gasteiger partial charge in [-0.25, -0.2) is 8.42 Å². The van der Waals surface area contributed by atoms with Crippen LogP contribution in [0.5, 0.6) is 0 Å². The molecular formula is C12H14Cl3NO2S. The van der Waals surface area contributed by atoms with Crippen LogP contribution in [0.15, 0.2) is 47.9 Å². The van der Waals surface area contributed by atoms with Crippen molar-refractivity contribution in [1.82, 2.24) is 5.32 Å². The standard InChI is InChI=1S/C12H14Cl3NO2S/c1-2-8-16-11(12(13,14)15)9-19(17,18)10-6-4-3-5-7-10/h2-7,11,16H,1,8-9H2. The lowest BCUT2D eigenvalue weighted by molar-refractivity contribution is 0.557. The number of sulfone groups is 1. The summed E-state index contributed by atoms with van der Waals surface area (Å²) in [6.45, 7) is 3.88. The third kappa shape index (κ3) is 5.32. The molecule has 106 valence electrons. The smallest absolute Gasteiger partial charge is 0.206 e. The molecule has 0 radical (unpaired) electrons. The monoisotopic (exact) mass is 341 g/mol. The van der Waals surface area contributed by atoms with E-state index < -0.39 is 19.7 Å². The molecule has 0 aliphatic heterocycles. The molecule has 1 atom stereocenters. The third-order valence-corrected chi connectivity index (χ3v) is 4.94. The minimum absolute atomic E-state index is 0.203. The zero-order valence-corrected chi connectivity index (χ0v) is 13.1. The third-order valence-electron chi connectivity index (χ3n) is 2.39. The maximum absolute atomic E-state index is 12.2. The van der Waals surface area contributed by atoms with Gasteiger partial charge in [0.1, 0.15) is 0 Å². The molecule has 0 aliphatic carbocycles. The van der Waals surface area contributed by atoms with E-state index in [-0.39, 0.29) is 10.6 Å². The minimum atomic E-state index is -3.52. The molecule has 0 spiro atoms. The van der Waals surface area contributed by atoms with E-state index in [0.717, 1.165) is 0 Å². The van der Waals surface area contributed by atoms with Gasteiger partial charge < -0.3 is 5.32 Å². The van der Waals surface area contributed by atoms with Gasteiger partial charge in [0.2, 0.25) is 3.79 Å². The Kier molecular flexibility index (Phi) is 6.15. The molecule has 1 N–H and O–H groups in total. The lowest BCUT2D eigenvalue weighted by Gasteiger charge is -2.25. The molecule has 3 nitrogen and oxygen atoms in total. The fourth-order valence-electron chi connectivity index (χ4n) is 1.44. The van der Waals surface area contributed by atoms with Crippen LogP contribution in [0, 0.1) is 0 Å². The van der Waals surface area contributed by atoms with Gasteiger partial charge in [0.25, 0.3) is 0 Å². The summed E-state index contributed by atoms with van der Waals surface area (Å²) in [5.74, 6) is -0.304. The van der Waals surface area contributed by atoms with Crippen LogP contribution in [0.25, 0.3) is 0 Å². The lowest BCUT2D eigenvalue weighted by Crippen LogP contribution is -2.45. The van der Waals surface area contributed by atoms with E-state index in [9.17, 15) is 8.42 Å². The van der Waals surface area contributed by atoms with Crippen LogP contribution in [0.3, 0.4) is 0 Å². The van der Waals surface area contributed by atoms with Crippen LogP contribution in [0.4, 0.5) is 0 Å². The van der Waals surface area contributed by atoms with Gasteiger partial charge in [-0.15, -0.1) is 6.58 Å². The molecule has 0 amide bonds.